The van der Waals surface area contributed by atoms with Gasteiger partial charge in [-0.1, -0.05) is 12.0 Å². The molecule has 0 saturated carbocycles. The summed E-state index contributed by atoms with van der Waals surface area (Å²) in [6.45, 7) is 3.67. The lowest BCUT2D eigenvalue weighted by Gasteiger charge is -2.33. The maximum absolute atomic E-state index is 12.6. The number of hydrogen-bond donors (Lipinski definition) is 1. The predicted molar refractivity (Wildman–Crippen MR) is 104 cm³/mol. The number of benzene rings is 1. The molecule has 146 valence electrons. The predicted octanol–water partition coefficient (Wildman–Crippen LogP) is 2.01. The highest BCUT2D eigenvalue weighted by Crippen LogP contribution is 2.28. The Morgan fingerprint density at radius 3 is 2.74 bits per heavy atom. The Kier molecular flexibility index (Phi) is 8.00. The van der Waals surface area contributed by atoms with Gasteiger partial charge in [0, 0.05) is 26.1 Å². The number of carbonyl (C=O) groups excluding carboxylic acids is 2. The number of piperidine rings is 1. The van der Waals surface area contributed by atoms with E-state index in [9.17, 15) is 9.59 Å². The van der Waals surface area contributed by atoms with Crippen LogP contribution in [0.2, 0.25) is 0 Å². The third kappa shape index (κ3) is 6.21. The first-order valence-corrected chi connectivity index (χ1v) is 9.26. The van der Waals surface area contributed by atoms with Crippen LogP contribution in [0.25, 0.3) is 0 Å². The molecular formula is C21H28N2O4. The molecule has 2 amide bonds. The summed E-state index contributed by atoms with van der Waals surface area (Å²) in [5.41, 5.74) is 1.04. The van der Waals surface area contributed by atoms with Crippen molar-refractivity contribution in [3.8, 4) is 23.3 Å². The van der Waals surface area contributed by atoms with Crippen LogP contribution >= 0.6 is 0 Å². The lowest BCUT2D eigenvalue weighted by Crippen LogP contribution is -2.43. The fourth-order valence-corrected chi connectivity index (χ4v) is 3.30. The van der Waals surface area contributed by atoms with E-state index in [-0.39, 0.29) is 17.7 Å². The number of nitrogens with zero attached hydrogens (tertiary/aromatic N) is 1. The Bertz CT molecular complexity index is 721. The fourth-order valence-electron chi connectivity index (χ4n) is 3.30. The van der Waals surface area contributed by atoms with Crippen LogP contribution in [0.3, 0.4) is 0 Å². The first-order chi connectivity index (χ1) is 13.1. The largest absolute Gasteiger partial charge is 0.493 e. The van der Waals surface area contributed by atoms with Gasteiger partial charge < -0.3 is 19.7 Å². The standard InChI is InChI=1S/C21H28N2O4/c1-4-6-20(24)22-14-17-7-5-12-23(15-17)21(25)11-9-16-8-10-18(26-2)19(13-16)27-3/h8,10,13,17H,5,7,9,11-12,14-15H2,1-3H3,(H,22,24). The number of hydrogen-bond acceptors (Lipinski definition) is 4. The number of aryl methyl sites for hydroxylation is 1. The van der Waals surface area contributed by atoms with Crippen molar-refractivity contribution in [2.45, 2.75) is 32.6 Å². The van der Waals surface area contributed by atoms with Crippen molar-refractivity contribution in [2.24, 2.45) is 5.92 Å². The lowest BCUT2D eigenvalue weighted by atomic mass is 9.97. The molecule has 1 aromatic carbocycles. The molecular weight excluding hydrogens is 344 g/mol. The molecule has 1 unspecified atom stereocenters. The third-order valence-electron chi connectivity index (χ3n) is 4.74. The van der Waals surface area contributed by atoms with Crippen LogP contribution in [-0.2, 0) is 16.0 Å². The van der Waals surface area contributed by atoms with Gasteiger partial charge in [0.25, 0.3) is 5.91 Å². The molecule has 1 heterocycles. The second kappa shape index (κ2) is 10.5. The second-order valence-corrected chi connectivity index (χ2v) is 6.62. The van der Waals surface area contributed by atoms with E-state index in [1.54, 1.807) is 21.1 Å². The van der Waals surface area contributed by atoms with Gasteiger partial charge in [-0.2, -0.15) is 0 Å². The van der Waals surface area contributed by atoms with Gasteiger partial charge in [-0.05, 0) is 55.7 Å². The highest BCUT2D eigenvalue weighted by Gasteiger charge is 2.23. The van der Waals surface area contributed by atoms with Crippen molar-refractivity contribution in [2.75, 3.05) is 33.9 Å². The molecule has 2 rings (SSSR count). The molecule has 0 aromatic heterocycles. The lowest BCUT2D eigenvalue weighted by molar-refractivity contribution is -0.132. The zero-order valence-corrected chi connectivity index (χ0v) is 16.3. The van der Waals surface area contributed by atoms with Crippen LogP contribution in [0.15, 0.2) is 18.2 Å². The minimum atomic E-state index is -0.255. The first-order valence-electron chi connectivity index (χ1n) is 9.26. The molecule has 1 N–H and O–H groups in total. The maximum Gasteiger partial charge on any atom is 0.295 e. The first kappa shape index (κ1) is 20.6. The highest BCUT2D eigenvalue weighted by atomic mass is 16.5. The number of carbonyl (C=O) groups is 2. The molecule has 1 aliphatic heterocycles. The van der Waals surface area contributed by atoms with Crippen LogP contribution in [0, 0.1) is 17.8 Å². The number of ether oxygens (including phenoxy) is 2. The van der Waals surface area contributed by atoms with E-state index in [0.29, 0.717) is 37.4 Å². The second-order valence-electron chi connectivity index (χ2n) is 6.62. The van der Waals surface area contributed by atoms with Gasteiger partial charge in [0.1, 0.15) is 0 Å². The Labute approximate surface area is 161 Å². The van der Waals surface area contributed by atoms with Crippen LogP contribution in [0.4, 0.5) is 0 Å². The topological polar surface area (TPSA) is 67.9 Å². The number of likely N-dealkylation sites (tertiary alicyclic amines) is 1. The summed E-state index contributed by atoms with van der Waals surface area (Å²) in [5.74, 6) is 6.59. The minimum Gasteiger partial charge on any atom is -0.493 e. The number of methoxy groups -OCH3 is 2. The van der Waals surface area contributed by atoms with E-state index in [1.165, 1.54) is 0 Å². The van der Waals surface area contributed by atoms with Gasteiger partial charge in [0.05, 0.1) is 14.2 Å². The zero-order chi connectivity index (χ0) is 19.6. The van der Waals surface area contributed by atoms with E-state index in [2.05, 4.69) is 17.2 Å². The quantitative estimate of drug-likeness (QED) is 0.744. The normalized spacial score (nSPS) is 16.1. The smallest absolute Gasteiger partial charge is 0.295 e. The fraction of sp³-hybridized carbons (Fsp3) is 0.524. The van der Waals surface area contributed by atoms with Gasteiger partial charge >= 0.3 is 0 Å². The summed E-state index contributed by atoms with van der Waals surface area (Å²) < 4.78 is 10.6. The number of rotatable bonds is 7. The molecule has 0 bridgehead atoms. The third-order valence-corrected chi connectivity index (χ3v) is 4.74. The van der Waals surface area contributed by atoms with E-state index in [1.807, 2.05) is 23.1 Å². The van der Waals surface area contributed by atoms with Crippen molar-refractivity contribution in [3.05, 3.63) is 23.8 Å². The number of amides is 2. The SMILES string of the molecule is CC#CC(=O)NCC1CCCN(C(=O)CCc2ccc(OC)c(OC)c2)C1. The van der Waals surface area contributed by atoms with Crippen LogP contribution in [-0.4, -0.2) is 50.6 Å². The monoisotopic (exact) mass is 372 g/mol. The highest BCUT2D eigenvalue weighted by molar-refractivity contribution is 5.93. The molecule has 0 aliphatic carbocycles. The summed E-state index contributed by atoms with van der Waals surface area (Å²) in [4.78, 5) is 26.0. The van der Waals surface area contributed by atoms with Crippen LogP contribution in [0.5, 0.6) is 11.5 Å². The summed E-state index contributed by atoms with van der Waals surface area (Å²) in [5, 5.41) is 2.82. The summed E-state index contributed by atoms with van der Waals surface area (Å²) in [7, 11) is 3.20. The molecule has 6 heteroatoms. The molecule has 1 saturated heterocycles. The van der Waals surface area contributed by atoms with Gasteiger partial charge in [-0.3, -0.25) is 9.59 Å². The molecule has 1 atom stereocenters. The van der Waals surface area contributed by atoms with E-state index in [4.69, 9.17) is 9.47 Å². The maximum atomic E-state index is 12.6. The van der Waals surface area contributed by atoms with Crippen molar-refractivity contribution in [1.82, 2.24) is 10.2 Å². The summed E-state index contributed by atoms with van der Waals surface area (Å²) >= 11 is 0. The van der Waals surface area contributed by atoms with Crippen molar-refractivity contribution in [1.29, 1.82) is 0 Å². The summed E-state index contributed by atoms with van der Waals surface area (Å²) in [6.07, 6.45) is 3.08. The van der Waals surface area contributed by atoms with Crippen molar-refractivity contribution < 1.29 is 19.1 Å². The summed E-state index contributed by atoms with van der Waals surface area (Å²) in [6, 6.07) is 5.73. The molecule has 27 heavy (non-hydrogen) atoms. The van der Waals surface area contributed by atoms with E-state index < -0.39 is 0 Å². The Balaban J connectivity index is 1.84. The van der Waals surface area contributed by atoms with Gasteiger partial charge in [-0.15, -0.1) is 0 Å². The van der Waals surface area contributed by atoms with Crippen molar-refractivity contribution in [3.63, 3.8) is 0 Å². The van der Waals surface area contributed by atoms with Gasteiger partial charge in [-0.25, -0.2) is 0 Å². The Morgan fingerprint density at radius 1 is 1.26 bits per heavy atom. The zero-order valence-electron chi connectivity index (χ0n) is 16.3. The average molecular weight is 372 g/mol. The molecule has 6 nitrogen and oxygen atoms in total. The van der Waals surface area contributed by atoms with Crippen LogP contribution < -0.4 is 14.8 Å². The minimum absolute atomic E-state index is 0.147. The molecule has 1 aromatic rings. The molecule has 0 radical (unpaired) electrons. The van der Waals surface area contributed by atoms with Crippen molar-refractivity contribution >= 4 is 11.8 Å². The van der Waals surface area contributed by atoms with Gasteiger partial charge in [0.2, 0.25) is 5.91 Å². The molecule has 1 fully saturated rings. The van der Waals surface area contributed by atoms with Crippen LogP contribution in [0.1, 0.15) is 31.7 Å². The van der Waals surface area contributed by atoms with E-state index in [0.717, 1.165) is 24.9 Å². The van der Waals surface area contributed by atoms with E-state index >= 15 is 0 Å². The Morgan fingerprint density at radius 2 is 2.04 bits per heavy atom. The van der Waals surface area contributed by atoms with Gasteiger partial charge in [0.15, 0.2) is 11.5 Å². The number of nitrogens with one attached hydrogen (secondary N) is 1. The average Bonchev–Trinajstić information content (AvgIpc) is 2.70. The Hall–Kier alpha value is -2.68. The molecule has 0 spiro atoms. The molecule has 1 aliphatic rings.